The molecule has 2 rings (SSSR count). The lowest BCUT2D eigenvalue weighted by molar-refractivity contribution is 0.00578. The molecule has 1 heterocycles. The first kappa shape index (κ1) is 22.8. The van der Waals surface area contributed by atoms with Gasteiger partial charge in [-0.25, -0.2) is 4.79 Å². The average molecular weight is 408 g/mol. The van der Waals surface area contributed by atoms with Crippen molar-refractivity contribution < 1.29 is 18.8 Å². The standard InChI is InChI=1S/C21H31BClNO4/c1-19(2,3)26-18(25)24-14-17(12-15-10-8-9-11-16(15)13-23)22-27-20(4,5)21(6,7)28-22/h8-12H,13-14H2,1-7H3,(H,24,25). The number of benzene rings is 1. The third-order valence-electron chi connectivity index (χ3n) is 4.93. The summed E-state index contributed by atoms with van der Waals surface area (Å²) in [7, 11) is -0.580. The predicted molar refractivity (Wildman–Crippen MR) is 114 cm³/mol. The first-order valence-electron chi connectivity index (χ1n) is 9.51. The summed E-state index contributed by atoms with van der Waals surface area (Å²) in [6, 6.07) is 7.85. The molecule has 7 heteroatoms. The third kappa shape index (κ3) is 5.75. The predicted octanol–water partition coefficient (Wildman–Crippen LogP) is 4.96. The number of hydrogen-bond donors (Lipinski definition) is 1. The van der Waals surface area contributed by atoms with Gasteiger partial charge in [-0.05, 0) is 65.1 Å². The molecular formula is C21H31BClNO4. The van der Waals surface area contributed by atoms with E-state index >= 15 is 0 Å². The van der Waals surface area contributed by atoms with Gasteiger partial charge in [0.15, 0.2) is 0 Å². The first-order valence-corrected chi connectivity index (χ1v) is 10.0. The summed E-state index contributed by atoms with van der Waals surface area (Å²) in [4.78, 5) is 12.1. The normalized spacial score (nSPS) is 18.9. The maximum atomic E-state index is 12.1. The SMILES string of the molecule is CC(C)(C)OC(=O)NCC(=Cc1ccccc1CCl)B1OC(C)(C)C(C)(C)O1. The lowest BCUT2D eigenvalue weighted by atomic mass is 9.76. The number of halogens is 1. The highest BCUT2D eigenvalue weighted by atomic mass is 35.5. The van der Waals surface area contributed by atoms with Gasteiger partial charge >= 0.3 is 13.2 Å². The Morgan fingerprint density at radius 2 is 1.75 bits per heavy atom. The van der Waals surface area contributed by atoms with E-state index in [0.29, 0.717) is 5.88 Å². The van der Waals surface area contributed by atoms with Gasteiger partial charge in [0.25, 0.3) is 0 Å². The van der Waals surface area contributed by atoms with Gasteiger partial charge in [0.1, 0.15) is 5.60 Å². The molecule has 0 aromatic heterocycles. The van der Waals surface area contributed by atoms with E-state index < -0.39 is 30.0 Å². The summed E-state index contributed by atoms with van der Waals surface area (Å²) in [5.41, 5.74) is 1.23. The Kier molecular flexibility index (Phi) is 6.90. The van der Waals surface area contributed by atoms with Gasteiger partial charge in [0.2, 0.25) is 0 Å². The van der Waals surface area contributed by atoms with Crippen molar-refractivity contribution in [3.8, 4) is 0 Å². The minimum Gasteiger partial charge on any atom is -0.444 e. The van der Waals surface area contributed by atoms with Crippen LogP contribution in [0.25, 0.3) is 6.08 Å². The number of rotatable bonds is 5. The summed E-state index contributed by atoms with van der Waals surface area (Å²) in [5, 5.41) is 2.81. The third-order valence-corrected chi connectivity index (χ3v) is 5.22. The van der Waals surface area contributed by atoms with Crippen LogP contribution in [0.4, 0.5) is 4.79 Å². The molecule has 5 nitrogen and oxygen atoms in total. The lowest BCUT2D eigenvalue weighted by Crippen LogP contribution is -2.41. The van der Waals surface area contributed by atoms with E-state index in [1.165, 1.54) is 0 Å². The van der Waals surface area contributed by atoms with Crippen molar-refractivity contribution >= 4 is 30.9 Å². The zero-order chi connectivity index (χ0) is 21.2. The lowest BCUT2D eigenvalue weighted by Gasteiger charge is -2.32. The Morgan fingerprint density at radius 3 is 2.29 bits per heavy atom. The molecule has 0 saturated carbocycles. The zero-order valence-corrected chi connectivity index (χ0v) is 18.6. The Balaban J connectivity index is 2.29. The van der Waals surface area contributed by atoms with Gasteiger partial charge in [0.05, 0.1) is 11.2 Å². The summed E-state index contributed by atoms with van der Waals surface area (Å²) in [6.45, 7) is 13.7. The van der Waals surface area contributed by atoms with E-state index in [0.717, 1.165) is 16.6 Å². The van der Waals surface area contributed by atoms with E-state index in [1.54, 1.807) is 0 Å². The number of carbonyl (C=O) groups excluding carboxylic acids is 1. The molecule has 0 bridgehead atoms. The second-order valence-corrected chi connectivity index (χ2v) is 9.26. The number of ether oxygens (including phenoxy) is 1. The smallest absolute Gasteiger partial charge is 0.444 e. The van der Waals surface area contributed by atoms with E-state index in [4.69, 9.17) is 25.6 Å². The van der Waals surface area contributed by atoms with Crippen LogP contribution < -0.4 is 5.32 Å². The number of alkyl halides is 1. The molecular weight excluding hydrogens is 376 g/mol. The van der Waals surface area contributed by atoms with Crippen molar-refractivity contribution in [1.82, 2.24) is 5.32 Å². The molecule has 154 valence electrons. The van der Waals surface area contributed by atoms with Gasteiger partial charge < -0.3 is 19.4 Å². The monoisotopic (exact) mass is 407 g/mol. The van der Waals surface area contributed by atoms with Gasteiger partial charge in [-0.15, -0.1) is 11.6 Å². The highest BCUT2D eigenvalue weighted by molar-refractivity contribution is 6.56. The summed E-state index contributed by atoms with van der Waals surface area (Å²) >= 11 is 6.08. The molecule has 1 N–H and O–H groups in total. The maximum Gasteiger partial charge on any atom is 0.492 e. The van der Waals surface area contributed by atoms with Crippen LogP contribution in [0.1, 0.15) is 59.6 Å². The van der Waals surface area contributed by atoms with Crippen molar-refractivity contribution in [2.45, 2.75) is 71.1 Å². The van der Waals surface area contributed by atoms with Gasteiger partial charge in [0, 0.05) is 12.4 Å². The quantitative estimate of drug-likeness (QED) is 0.553. The topological polar surface area (TPSA) is 56.8 Å². The van der Waals surface area contributed by atoms with Gasteiger partial charge in [-0.2, -0.15) is 0 Å². The second-order valence-electron chi connectivity index (χ2n) is 9.00. The van der Waals surface area contributed by atoms with Crippen molar-refractivity contribution in [3.05, 3.63) is 40.9 Å². The van der Waals surface area contributed by atoms with Crippen LogP contribution in [0.2, 0.25) is 0 Å². The molecule has 0 radical (unpaired) electrons. The van der Waals surface area contributed by atoms with E-state index in [-0.39, 0.29) is 6.54 Å². The number of nitrogens with one attached hydrogen (secondary N) is 1. The van der Waals surface area contributed by atoms with Gasteiger partial charge in [-0.1, -0.05) is 30.3 Å². The van der Waals surface area contributed by atoms with Crippen LogP contribution in [0.15, 0.2) is 29.7 Å². The highest BCUT2D eigenvalue weighted by Crippen LogP contribution is 2.38. The molecule has 1 aromatic rings. The van der Waals surface area contributed by atoms with Crippen LogP contribution in [0.3, 0.4) is 0 Å². The first-order chi connectivity index (χ1) is 12.8. The van der Waals surface area contributed by atoms with Crippen LogP contribution in [-0.2, 0) is 19.9 Å². The fourth-order valence-electron chi connectivity index (χ4n) is 2.68. The van der Waals surface area contributed by atoms with Crippen LogP contribution in [0, 0.1) is 0 Å². The Hall–Kier alpha value is -1.50. The van der Waals surface area contributed by atoms with Crippen LogP contribution >= 0.6 is 11.6 Å². The van der Waals surface area contributed by atoms with Crippen molar-refractivity contribution in [1.29, 1.82) is 0 Å². The molecule has 0 unspecified atom stereocenters. The Labute approximate surface area is 173 Å². The fourth-order valence-corrected chi connectivity index (χ4v) is 2.93. The second kappa shape index (κ2) is 8.48. The van der Waals surface area contributed by atoms with Gasteiger partial charge in [-0.3, -0.25) is 0 Å². The maximum absolute atomic E-state index is 12.1. The number of hydrogen-bond acceptors (Lipinski definition) is 4. The zero-order valence-electron chi connectivity index (χ0n) is 17.9. The van der Waals surface area contributed by atoms with Crippen LogP contribution in [0.5, 0.6) is 0 Å². The van der Waals surface area contributed by atoms with E-state index in [9.17, 15) is 4.79 Å². The molecule has 1 aliphatic rings. The minimum atomic E-state index is -0.580. The molecule has 1 aliphatic heterocycles. The van der Waals surface area contributed by atoms with Crippen molar-refractivity contribution in [3.63, 3.8) is 0 Å². The molecule has 0 atom stereocenters. The Morgan fingerprint density at radius 1 is 1.18 bits per heavy atom. The van der Waals surface area contributed by atoms with Crippen molar-refractivity contribution in [2.24, 2.45) is 0 Å². The molecule has 28 heavy (non-hydrogen) atoms. The number of amides is 1. The highest BCUT2D eigenvalue weighted by Gasteiger charge is 2.52. The largest absolute Gasteiger partial charge is 0.492 e. The molecule has 1 amide bonds. The summed E-state index contributed by atoms with van der Waals surface area (Å²) in [6.07, 6.45) is 1.48. The molecule has 0 spiro atoms. The molecule has 0 aliphatic carbocycles. The molecule has 1 fully saturated rings. The number of alkyl carbamates (subject to hydrolysis) is 1. The summed E-state index contributed by atoms with van der Waals surface area (Å²) in [5.74, 6) is 0.392. The van der Waals surface area contributed by atoms with E-state index in [1.807, 2.05) is 78.8 Å². The molecule has 1 aromatic carbocycles. The van der Waals surface area contributed by atoms with Crippen molar-refractivity contribution in [2.75, 3.05) is 6.54 Å². The fraction of sp³-hybridized carbons (Fsp3) is 0.571. The average Bonchev–Trinajstić information content (AvgIpc) is 2.78. The molecule has 1 saturated heterocycles. The van der Waals surface area contributed by atoms with E-state index in [2.05, 4.69) is 5.32 Å². The summed E-state index contributed by atoms with van der Waals surface area (Å²) < 4.78 is 17.7. The Bertz CT molecular complexity index is 724. The van der Waals surface area contributed by atoms with Crippen LogP contribution in [-0.4, -0.2) is 36.6 Å². The minimum absolute atomic E-state index is 0.238. The number of carbonyl (C=O) groups is 1.